The van der Waals surface area contributed by atoms with Crippen LogP contribution < -0.4 is 10.1 Å². The number of anilines is 1. The van der Waals surface area contributed by atoms with Gasteiger partial charge in [0.1, 0.15) is 5.75 Å². The highest BCUT2D eigenvalue weighted by Gasteiger charge is 2.20. The van der Waals surface area contributed by atoms with Crippen LogP contribution in [0.3, 0.4) is 0 Å². The zero-order chi connectivity index (χ0) is 13.9. The fourth-order valence-electron chi connectivity index (χ4n) is 2.49. The first kappa shape index (κ1) is 13.6. The second-order valence-corrected chi connectivity index (χ2v) is 5.72. The lowest BCUT2D eigenvalue weighted by atomic mass is 9.93. The van der Waals surface area contributed by atoms with Crippen LogP contribution in [0.2, 0.25) is 10.0 Å². The Morgan fingerprint density at radius 2 is 2.00 bits per heavy atom. The maximum absolute atomic E-state index is 6.18. The molecule has 0 fully saturated rings. The SMILES string of the molecule is Clc1ccc(NCC2CCOc3ccccc32)c(Cl)c1. The maximum Gasteiger partial charge on any atom is 0.122 e. The molecule has 2 nitrogen and oxygen atoms in total. The number of rotatable bonds is 3. The van der Waals surface area contributed by atoms with E-state index in [0.29, 0.717) is 16.0 Å². The standard InChI is InChI=1S/C16H15Cl2NO/c17-12-5-6-15(14(18)9-12)19-10-11-7-8-20-16-4-2-1-3-13(11)16/h1-6,9,11,19H,7-8,10H2. The van der Waals surface area contributed by atoms with E-state index in [0.717, 1.165) is 31.0 Å². The second-order valence-electron chi connectivity index (χ2n) is 4.88. The lowest BCUT2D eigenvalue weighted by molar-refractivity contribution is 0.270. The molecule has 0 amide bonds. The van der Waals surface area contributed by atoms with Gasteiger partial charge in [-0.2, -0.15) is 0 Å². The molecule has 1 N–H and O–H groups in total. The molecule has 104 valence electrons. The average Bonchev–Trinajstić information content (AvgIpc) is 2.46. The molecular formula is C16H15Cl2NO. The van der Waals surface area contributed by atoms with Gasteiger partial charge < -0.3 is 10.1 Å². The van der Waals surface area contributed by atoms with E-state index < -0.39 is 0 Å². The number of hydrogen-bond donors (Lipinski definition) is 1. The van der Waals surface area contributed by atoms with E-state index in [1.54, 1.807) is 6.07 Å². The summed E-state index contributed by atoms with van der Waals surface area (Å²) < 4.78 is 5.67. The molecule has 1 heterocycles. The summed E-state index contributed by atoms with van der Waals surface area (Å²) in [6.07, 6.45) is 1.01. The molecule has 0 saturated carbocycles. The van der Waals surface area contributed by atoms with Crippen molar-refractivity contribution in [3.63, 3.8) is 0 Å². The van der Waals surface area contributed by atoms with Gasteiger partial charge in [-0.15, -0.1) is 0 Å². The molecule has 0 saturated heterocycles. The third kappa shape index (κ3) is 2.87. The van der Waals surface area contributed by atoms with Gasteiger partial charge in [0.15, 0.2) is 0 Å². The predicted molar refractivity (Wildman–Crippen MR) is 84.2 cm³/mol. The summed E-state index contributed by atoms with van der Waals surface area (Å²) in [7, 11) is 0. The first-order chi connectivity index (χ1) is 9.74. The minimum absolute atomic E-state index is 0.437. The molecule has 1 unspecified atom stereocenters. The van der Waals surface area contributed by atoms with E-state index in [2.05, 4.69) is 17.4 Å². The zero-order valence-corrected chi connectivity index (χ0v) is 12.4. The van der Waals surface area contributed by atoms with Gasteiger partial charge in [-0.25, -0.2) is 0 Å². The summed E-state index contributed by atoms with van der Waals surface area (Å²) in [5.74, 6) is 1.43. The Kier molecular flexibility index (Phi) is 4.04. The van der Waals surface area contributed by atoms with Crippen molar-refractivity contribution in [3.8, 4) is 5.75 Å². The zero-order valence-electron chi connectivity index (χ0n) is 10.9. The lowest BCUT2D eigenvalue weighted by Gasteiger charge is -2.26. The summed E-state index contributed by atoms with van der Waals surface area (Å²) in [5.41, 5.74) is 2.18. The molecular weight excluding hydrogens is 293 g/mol. The Morgan fingerprint density at radius 3 is 2.85 bits per heavy atom. The molecule has 0 aromatic heterocycles. The number of fused-ring (bicyclic) bond motifs is 1. The van der Waals surface area contributed by atoms with Gasteiger partial charge in [0.05, 0.1) is 17.3 Å². The summed E-state index contributed by atoms with van der Waals surface area (Å²) in [5, 5.41) is 4.71. The van der Waals surface area contributed by atoms with Crippen molar-refractivity contribution in [2.45, 2.75) is 12.3 Å². The molecule has 2 aromatic rings. The van der Waals surface area contributed by atoms with Crippen LogP contribution in [0, 0.1) is 0 Å². The quantitative estimate of drug-likeness (QED) is 0.864. The maximum atomic E-state index is 6.18. The summed E-state index contributed by atoms with van der Waals surface area (Å²) >= 11 is 12.1. The van der Waals surface area contributed by atoms with E-state index >= 15 is 0 Å². The van der Waals surface area contributed by atoms with Crippen molar-refractivity contribution in [2.75, 3.05) is 18.5 Å². The third-order valence-electron chi connectivity index (χ3n) is 3.55. The van der Waals surface area contributed by atoms with E-state index in [1.807, 2.05) is 24.3 Å². The molecule has 0 aliphatic carbocycles. The predicted octanol–water partition coefficient (Wildman–Crippen LogP) is 4.97. The van der Waals surface area contributed by atoms with Gasteiger partial charge in [-0.1, -0.05) is 41.4 Å². The highest BCUT2D eigenvalue weighted by Crippen LogP contribution is 2.34. The van der Waals surface area contributed by atoms with E-state index in [1.165, 1.54) is 5.56 Å². The number of nitrogens with one attached hydrogen (secondary N) is 1. The Morgan fingerprint density at radius 1 is 1.15 bits per heavy atom. The summed E-state index contributed by atoms with van der Waals surface area (Å²) in [6.45, 7) is 1.60. The van der Waals surface area contributed by atoms with Crippen molar-refractivity contribution < 1.29 is 4.74 Å². The summed E-state index contributed by atoms with van der Waals surface area (Å²) in [6, 6.07) is 13.7. The normalized spacial score (nSPS) is 17.2. The van der Waals surface area contributed by atoms with Gasteiger partial charge in [-0.3, -0.25) is 0 Å². The number of hydrogen-bond acceptors (Lipinski definition) is 2. The van der Waals surface area contributed by atoms with Crippen LogP contribution in [0.15, 0.2) is 42.5 Å². The van der Waals surface area contributed by atoms with Gasteiger partial charge in [0, 0.05) is 17.5 Å². The van der Waals surface area contributed by atoms with E-state index in [-0.39, 0.29) is 0 Å². The Bertz CT molecular complexity index is 615. The minimum Gasteiger partial charge on any atom is -0.493 e. The van der Waals surface area contributed by atoms with Gasteiger partial charge in [0.2, 0.25) is 0 Å². The van der Waals surface area contributed by atoms with Crippen LogP contribution in [0.25, 0.3) is 0 Å². The van der Waals surface area contributed by atoms with Crippen LogP contribution in [-0.4, -0.2) is 13.2 Å². The first-order valence-corrected chi connectivity index (χ1v) is 7.40. The number of para-hydroxylation sites is 1. The monoisotopic (exact) mass is 307 g/mol. The Hall–Kier alpha value is -1.38. The van der Waals surface area contributed by atoms with Crippen molar-refractivity contribution in [1.82, 2.24) is 0 Å². The second kappa shape index (κ2) is 5.94. The molecule has 0 radical (unpaired) electrons. The Balaban J connectivity index is 1.73. The highest BCUT2D eigenvalue weighted by atomic mass is 35.5. The van der Waals surface area contributed by atoms with E-state index in [9.17, 15) is 0 Å². The number of ether oxygens (including phenoxy) is 1. The molecule has 3 rings (SSSR count). The largest absolute Gasteiger partial charge is 0.493 e. The first-order valence-electron chi connectivity index (χ1n) is 6.64. The topological polar surface area (TPSA) is 21.3 Å². The highest BCUT2D eigenvalue weighted by molar-refractivity contribution is 6.36. The number of benzene rings is 2. The van der Waals surface area contributed by atoms with Gasteiger partial charge in [0.25, 0.3) is 0 Å². The van der Waals surface area contributed by atoms with Crippen LogP contribution in [0.5, 0.6) is 5.75 Å². The molecule has 1 aliphatic rings. The van der Waals surface area contributed by atoms with Gasteiger partial charge >= 0.3 is 0 Å². The van der Waals surface area contributed by atoms with Gasteiger partial charge in [-0.05, 0) is 36.2 Å². The van der Waals surface area contributed by atoms with Crippen molar-refractivity contribution in [1.29, 1.82) is 0 Å². The molecule has 4 heteroatoms. The lowest BCUT2D eigenvalue weighted by Crippen LogP contribution is -2.20. The fourth-order valence-corrected chi connectivity index (χ4v) is 2.97. The van der Waals surface area contributed by atoms with Crippen molar-refractivity contribution in [2.24, 2.45) is 0 Å². The van der Waals surface area contributed by atoms with Crippen molar-refractivity contribution in [3.05, 3.63) is 58.1 Å². The molecule has 20 heavy (non-hydrogen) atoms. The van der Waals surface area contributed by atoms with E-state index in [4.69, 9.17) is 27.9 Å². The smallest absolute Gasteiger partial charge is 0.122 e. The molecule has 0 spiro atoms. The van der Waals surface area contributed by atoms with Crippen LogP contribution >= 0.6 is 23.2 Å². The summed E-state index contributed by atoms with van der Waals surface area (Å²) in [4.78, 5) is 0. The van der Waals surface area contributed by atoms with Crippen LogP contribution in [0.1, 0.15) is 17.9 Å². The average molecular weight is 308 g/mol. The molecule has 1 aliphatic heterocycles. The number of halogens is 2. The third-order valence-corrected chi connectivity index (χ3v) is 4.10. The fraction of sp³-hybridized carbons (Fsp3) is 0.250. The van der Waals surface area contributed by atoms with Crippen LogP contribution in [-0.2, 0) is 0 Å². The van der Waals surface area contributed by atoms with Crippen LogP contribution in [0.4, 0.5) is 5.69 Å². The molecule has 1 atom stereocenters. The molecule has 0 bridgehead atoms. The minimum atomic E-state index is 0.437. The molecule has 2 aromatic carbocycles. The van der Waals surface area contributed by atoms with Crippen molar-refractivity contribution >= 4 is 28.9 Å². The Labute approximate surface area is 128 Å².